The summed E-state index contributed by atoms with van der Waals surface area (Å²) in [5, 5.41) is 8.84. The Kier molecular flexibility index (Phi) is 3.79. The van der Waals surface area contributed by atoms with Gasteiger partial charge in [-0.25, -0.2) is 0 Å². The van der Waals surface area contributed by atoms with Gasteiger partial charge in [0, 0.05) is 14.7 Å². The number of nitrogens with zero attached hydrogens (tertiary/aromatic N) is 2. The highest BCUT2D eigenvalue weighted by Crippen LogP contribution is 2.36. The third-order valence-corrected chi connectivity index (χ3v) is 4.54. The summed E-state index contributed by atoms with van der Waals surface area (Å²) in [7, 11) is 0. The molecule has 0 saturated heterocycles. The molecule has 2 nitrogen and oxygen atoms in total. The van der Waals surface area contributed by atoms with Crippen LogP contribution in [0.3, 0.4) is 0 Å². The third kappa shape index (κ3) is 2.72. The van der Waals surface area contributed by atoms with E-state index in [0.29, 0.717) is 0 Å². The van der Waals surface area contributed by atoms with Gasteiger partial charge in [-0.1, -0.05) is 60.7 Å². The summed E-state index contributed by atoms with van der Waals surface area (Å²) in [5.41, 5.74) is 6.75. The van der Waals surface area contributed by atoms with E-state index in [1.807, 2.05) is 24.3 Å². The average Bonchev–Trinajstić information content (AvgIpc) is 2.90. The lowest BCUT2D eigenvalue weighted by molar-refractivity contribution is 1.25. The monoisotopic (exact) mass is 408 g/mol. The Labute approximate surface area is 148 Å². The zero-order valence-electron chi connectivity index (χ0n) is 12.3. The van der Waals surface area contributed by atoms with Crippen LogP contribution in [0, 0.1) is 3.57 Å². The third-order valence-electron chi connectivity index (χ3n) is 3.87. The second-order valence-corrected chi connectivity index (χ2v) is 6.58. The van der Waals surface area contributed by atoms with Gasteiger partial charge in [-0.05, 0) is 51.4 Å². The van der Waals surface area contributed by atoms with E-state index in [1.54, 1.807) is 6.21 Å². The van der Waals surface area contributed by atoms with Gasteiger partial charge in [-0.3, -0.25) is 0 Å². The Morgan fingerprint density at radius 2 is 1.30 bits per heavy atom. The Balaban J connectivity index is 1.76. The summed E-state index contributed by atoms with van der Waals surface area (Å²) in [6, 6.07) is 24.9. The van der Waals surface area contributed by atoms with Crippen molar-refractivity contribution in [3.63, 3.8) is 0 Å². The highest BCUT2D eigenvalue weighted by molar-refractivity contribution is 14.1. The Morgan fingerprint density at radius 1 is 0.696 bits per heavy atom. The maximum absolute atomic E-state index is 4.51. The molecule has 1 aliphatic rings. The molecule has 0 bridgehead atoms. The van der Waals surface area contributed by atoms with E-state index in [4.69, 9.17) is 0 Å². The van der Waals surface area contributed by atoms with Gasteiger partial charge in [0.25, 0.3) is 0 Å². The molecule has 0 amide bonds. The lowest BCUT2D eigenvalue weighted by atomic mass is 10.1. The minimum atomic E-state index is 0.943. The molecule has 1 aliphatic carbocycles. The Bertz CT molecular complexity index is 894. The molecule has 0 heterocycles. The molecule has 0 aliphatic heterocycles. The molecule has 4 rings (SSSR count). The molecule has 23 heavy (non-hydrogen) atoms. The molecule has 3 aromatic carbocycles. The molecule has 0 fully saturated rings. The topological polar surface area (TPSA) is 24.7 Å². The molecular weight excluding hydrogens is 395 g/mol. The van der Waals surface area contributed by atoms with E-state index in [2.05, 4.69) is 81.3 Å². The molecule has 0 aromatic heterocycles. The van der Waals surface area contributed by atoms with Crippen LogP contribution in [0.25, 0.3) is 11.1 Å². The van der Waals surface area contributed by atoms with Crippen molar-refractivity contribution in [3.05, 3.63) is 93.1 Å². The van der Waals surface area contributed by atoms with Crippen LogP contribution < -0.4 is 0 Å². The summed E-state index contributed by atoms with van der Waals surface area (Å²) in [5.74, 6) is 0. The fourth-order valence-electron chi connectivity index (χ4n) is 2.84. The smallest absolute Gasteiger partial charge is 0.101 e. The Morgan fingerprint density at radius 3 is 1.91 bits per heavy atom. The van der Waals surface area contributed by atoms with E-state index >= 15 is 0 Å². The molecular formula is C20H13IN2. The van der Waals surface area contributed by atoms with Gasteiger partial charge in [0.1, 0.15) is 5.71 Å². The van der Waals surface area contributed by atoms with Gasteiger partial charge in [-0.15, -0.1) is 5.10 Å². The predicted octanol–water partition coefficient (Wildman–Crippen LogP) is 5.14. The molecule has 0 spiro atoms. The average molecular weight is 408 g/mol. The number of rotatable bonds is 2. The van der Waals surface area contributed by atoms with Crippen LogP contribution in [0.5, 0.6) is 0 Å². The number of hydrogen-bond donors (Lipinski definition) is 0. The minimum Gasteiger partial charge on any atom is -0.158 e. The molecule has 3 aromatic rings. The SMILES string of the molecule is Ic1cccc(C=NN=C2c3ccccc3-c3ccccc32)c1. The maximum Gasteiger partial charge on any atom is 0.101 e. The highest BCUT2D eigenvalue weighted by Gasteiger charge is 2.23. The normalized spacial score (nSPS) is 12.3. The fourth-order valence-corrected chi connectivity index (χ4v) is 3.41. The zero-order chi connectivity index (χ0) is 15.6. The van der Waals surface area contributed by atoms with Crippen LogP contribution in [-0.2, 0) is 0 Å². The van der Waals surface area contributed by atoms with E-state index in [1.165, 1.54) is 14.7 Å². The van der Waals surface area contributed by atoms with E-state index in [9.17, 15) is 0 Å². The summed E-state index contributed by atoms with van der Waals surface area (Å²) >= 11 is 2.30. The second-order valence-electron chi connectivity index (χ2n) is 5.34. The summed E-state index contributed by atoms with van der Waals surface area (Å²) in [6.45, 7) is 0. The number of benzene rings is 3. The van der Waals surface area contributed by atoms with Crippen LogP contribution in [-0.4, -0.2) is 11.9 Å². The van der Waals surface area contributed by atoms with Gasteiger partial charge in [0.15, 0.2) is 0 Å². The van der Waals surface area contributed by atoms with E-state index in [0.717, 1.165) is 22.4 Å². The van der Waals surface area contributed by atoms with Gasteiger partial charge < -0.3 is 0 Å². The first-order chi connectivity index (χ1) is 11.3. The van der Waals surface area contributed by atoms with Crippen molar-refractivity contribution in [1.29, 1.82) is 0 Å². The number of hydrogen-bond acceptors (Lipinski definition) is 2. The second kappa shape index (κ2) is 6.08. The minimum absolute atomic E-state index is 0.943. The summed E-state index contributed by atoms with van der Waals surface area (Å²) in [6.07, 6.45) is 1.80. The molecule has 0 saturated carbocycles. The maximum atomic E-state index is 4.51. The molecule has 110 valence electrons. The standard InChI is InChI=1S/C20H13IN2/c21-15-7-5-6-14(12-15)13-22-23-20-18-10-3-1-8-16(18)17-9-2-4-11-19(17)20/h1-13H. The molecule has 0 radical (unpaired) electrons. The zero-order valence-corrected chi connectivity index (χ0v) is 14.4. The molecule has 0 N–H and O–H groups in total. The van der Waals surface area contributed by atoms with Crippen LogP contribution >= 0.6 is 22.6 Å². The first kappa shape index (κ1) is 14.3. The van der Waals surface area contributed by atoms with Gasteiger partial charge in [0.2, 0.25) is 0 Å². The van der Waals surface area contributed by atoms with Gasteiger partial charge in [-0.2, -0.15) is 5.10 Å². The largest absolute Gasteiger partial charge is 0.158 e. The van der Waals surface area contributed by atoms with Crippen molar-refractivity contribution in [3.8, 4) is 11.1 Å². The van der Waals surface area contributed by atoms with E-state index in [-0.39, 0.29) is 0 Å². The van der Waals surface area contributed by atoms with Crippen molar-refractivity contribution >= 4 is 34.5 Å². The molecule has 0 unspecified atom stereocenters. The van der Waals surface area contributed by atoms with E-state index < -0.39 is 0 Å². The number of fused-ring (bicyclic) bond motifs is 3. The first-order valence-corrected chi connectivity index (χ1v) is 8.46. The molecule has 3 heteroatoms. The van der Waals surface area contributed by atoms with Gasteiger partial charge >= 0.3 is 0 Å². The first-order valence-electron chi connectivity index (χ1n) is 7.39. The lowest BCUT2D eigenvalue weighted by Crippen LogP contribution is -1.97. The number of halogens is 1. The van der Waals surface area contributed by atoms with Crippen molar-refractivity contribution < 1.29 is 0 Å². The van der Waals surface area contributed by atoms with Crippen LogP contribution in [0.4, 0.5) is 0 Å². The summed E-state index contributed by atoms with van der Waals surface area (Å²) < 4.78 is 1.19. The van der Waals surface area contributed by atoms with Crippen molar-refractivity contribution in [2.75, 3.05) is 0 Å². The van der Waals surface area contributed by atoms with Crippen LogP contribution in [0.15, 0.2) is 83.0 Å². The predicted molar refractivity (Wildman–Crippen MR) is 104 cm³/mol. The fraction of sp³-hybridized carbons (Fsp3) is 0. The summed E-state index contributed by atoms with van der Waals surface area (Å²) in [4.78, 5) is 0. The van der Waals surface area contributed by atoms with Crippen molar-refractivity contribution in [2.24, 2.45) is 10.2 Å². The Hall–Kier alpha value is -2.27. The highest BCUT2D eigenvalue weighted by atomic mass is 127. The lowest BCUT2D eigenvalue weighted by Gasteiger charge is -1.98. The molecule has 0 atom stereocenters. The van der Waals surface area contributed by atoms with Crippen LogP contribution in [0.2, 0.25) is 0 Å². The quantitative estimate of drug-likeness (QED) is 0.249. The van der Waals surface area contributed by atoms with Crippen LogP contribution in [0.1, 0.15) is 16.7 Å². The van der Waals surface area contributed by atoms with Crippen molar-refractivity contribution in [2.45, 2.75) is 0 Å². The van der Waals surface area contributed by atoms with Crippen molar-refractivity contribution in [1.82, 2.24) is 0 Å². The van der Waals surface area contributed by atoms with Gasteiger partial charge in [0.05, 0.1) is 6.21 Å².